The van der Waals surface area contributed by atoms with E-state index in [1.54, 1.807) is 0 Å². The zero-order valence-corrected chi connectivity index (χ0v) is 9.96. The van der Waals surface area contributed by atoms with Crippen molar-refractivity contribution in [1.82, 2.24) is 0 Å². The molecule has 0 aromatic rings. The van der Waals surface area contributed by atoms with Crippen molar-refractivity contribution in [3.8, 4) is 0 Å². The Morgan fingerprint density at radius 1 is 1.27 bits per heavy atom. The Labute approximate surface area is 92.6 Å². The van der Waals surface area contributed by atoms with Crippen molar-refractivity contribution < 1.29 is 4.79 Å². The van der Waals surface area contributed by atoms with Crippen LogP contribution in [0.5, 0.6) is 0 Å². The molecular formula is C13H23NO. The Morgan fingerprint density at radius 2 is 1.93 bits per heavy atom. The first-order valence-electron chi connectivity index (χ1n) is 6.33. The monoisotopic (exact) mass is 209 g/mol. The van der Waals surface area contributed by atoms with Gasteiger partial charge >= 0.3 is 0 Å². The summed E-state index contributed by atoms with van der Waals surface area (Å²) in [6.45, 7) is 5.17. The first-order chi connectivity index (χ1) is 7.09. The second kappa shape index (κ2) is 3.89. The van der Waals surface area contributed by atoms with Crippen LogP contribution in [0.25, 0.3) is 0 Å². The second-order valence-corrected chi connectivity index (χ2v) is 5.81. The molecule has 0 aliphatic heterocycles. The van der Waals surface area contributed by atoms with Crippen molar-refractivity contribution in [1.29, 1.82) is 0 Å². The normalized spacial score (nSPS) is 38.7. The van der Waals surface area contributed by atoms with Crippen molar-refractivity contribution in [2.24, 2.45) is 28.9 Å². The van der Waals surface area contributed by atoms with Crippen LogP contribution in [0.3, 0.4) is 0 Å². The second-order valence-electron chi connectivity index (χ2n) is 5.81. The Bertz CT molecular complexity index is 257. The van der Waals surface area contributed by atoms with Gasteiger partial charge in [0.15, 0.2) is 0 Å². The predicted molar refractivity (Wildman–Crippen MR) is 61.4 cm³/mol. The highest BCUT2D eigenvalue weighted by Gasteiger charge is 2.50. The lowest BCUT2D eigenvalue weighted by molar-refractivity contribution is -0.129. The van der Waals surface area contributed by atoms with Gasteiger partial charge < -0.3 is 5.73 Å². The van der Waals surface area contributed by atoms with Crippen LogP contribution in [0.4, 0.5) is 0 Å². The number of ketones is 1. The first kappa shape index (κ1) is 11.1. The molecule has 0 amide bonds. The summed E-state index contributed by atoms with van der Waals surface area (Å²) >= 11 is 0. The van der Waals surface area contributed by atoms with Gasteiger partial charge in [-0.3, -0.25) is 4.79 Å². The third-order valence-corrected chi connectivity index (χ3v) is 4.74. The summed E-state index contributed by atoms with van der Waals surface area (Å²) in [5, 5.41) is 0. The zero-order chi connectivity index (χ0) is 11.1. The van der Waals surface area contributed by atoms with E-state index in [-0.39, 0.29) is 5.41 Å². The molecule has 0 bridgehead atoms. The summed E-state index contributed by atoms with van der Waals surface area (Å²) in [7, 11) is 0. The van der Waals surface area contributed by atoms with Gasteiger partial charge in [-0.2, -0.15) is 0 Å². The van der Waals surface area contributed by atoms with Crippen LogP contribution in [0.15, 0.2) is 0 Å². The molecule has 2 heteroatoms. The summed E-state index contributed by atoms with van der Waals surface area (Å²) in [4.78, 5) is 12.3. The SMILES string of the molecule is CC1CCC(C(=O)C2(CN)CC2)CC1C. The predicted octanol–water partition coefficient (Wildman–Crippen LogP) is 2.37. The van der Waals surface area contributed by atoms with Crippen LogP contribution in [-0.4, -0.2) is 12.3 Å². The molecule has 2 fully saturated rings. The number of Topliss-reactive ketones (excluding diaryl/α,β-unsaturated/α-hetero) is 1. The minimum absolute atomic E-state index is 0.0784. The molecule has 0 spiro atoms. The maximum absolute atomic E-state index is 12.3. The molecule has 2 N–H and O–H groups in total. The van der Waals surface area contributed by atoms with Crippen LogP contribution >= 0.6 is 0 Å². The molecule has 2 nitrogen and oxygen atoms in total. The molecule has 2 aliphatic carbocycles. The van der Waals surface area contributed by atoms with Gasteiger partial charge in [0, 0.05) is 17.9 Å². The maximum Gasteiger partial charge on any atom is 0.143 e. The molecule has 2 aliphatic rings. The van der Waals surface area contributed by atoms with Crippen molar-refractivity contribution in [3.63, 3.8) is 0 Å². The molecular weight excluding hydrogens is 186 g/mol. The van der Waals surface area contributed by atoms with Crippen molar-refractivity contribution in [3.05, 3.63) is 0 Å². The fourth-order valence-corrected chi connectivity index (χ4v) is 2.92. The van der Waals surface area contributed by atoms with Gasteiger partial charge in [0.05, 0.1) is 0 Å². The summed E-state index contributed by atoms with van der Waals surface area (Å²) in [5.41, 5.74) is 5.64. The van der Waals surface area contributed by atoms with Gasteiger partial charge in [-0.05, 0) is 43.9 Å². The molecule has 2 saturated carbocycles. The number of carbonyl (C=O) groups is 1. The number of hydrogen-bond donors (Lipinski definition) is 1. The average Bonchev–Trinajstić information content (AvgIpc) is 3.02. The smallest absolute Gasteiger partial charge is 0.143 e. The topological polar surface area (TPSA) is 43.1 Å². The van der Waals surface area contributed by atoms with E-state index < -0.39 is 0 Å². The van der Waals surface area contributed by atoms with Crippen LogP contribution in [-0.2, 0) is 4.79 Å². The zero-order valence-electron chi connectivity index (χ0n) is 9.96. The van der Waals surface area contributed by atoms with Gasteiger partial charge in [0.1, 0.15) is 5.78 Å². The Hall–Kier alpha value is -0.370. The average molecular weight is 209 g/mol. The Kier molecular flexibility index (Phi) is 2.89. The van der Waals surface area contributed by atoms with Gasteiger partial charge in [-0.15, -0.1) is 0 Å². The molecule has 0 aromatic carbocycles. The number of nitrogens with two attached hydrogens (primary N) is 1. The van der Waals surface area contributed by atoms with E-state index in [0.29, 0.717) is 24.2 Å². The highest BCUT2D eigenvalue weighted by molar-refractivity contribution is 5.89. The molecule has 2 rings (SSSR count). The van der Waals surface area contributed by atoms with E-state index in [1.807, 2.05) is 0 Å². The summed E-state index contributed by atoms with van der Waals surface area (Å²) in [5.74, 6) is 2.31. The fourth-order valence-electron chi connectivity index (χ4n) is 2.92. The largest absolute Gasteiger partial charge is 0.329 e. The lowest BCUT2D eigenvalue weighted by atomic mass is 9.72. The van der Waals surface area contributed by atoms with Crippen LogP contribution < -0.4 is 5.73 Å². The number of rotatable bonds is 3. The van der Waals surface area contributed by atoms with E-state index in [4.69, 9.17) is 5.73 Å². The maximum atomic E-state index is 12.3. The first-order valence-corrected chi connectivity index (χ1v) is 6.33. The molecule has 0 aromatic heterocycles. The summed E-state index contributed by atoms with van der Waals surface area (Å²) < 4.78 is 0. The van der Waals surface area contributed by atoms with E-state index in [9.17, 15) is 4.79 Å². The van der Waals surface area contributed by atoms with Crippen molar-refractivity contribution in [2.75, 3.05) is 6.54 Å². The quantitative estimate of drug-likeness (QED) is 0.775. The molecule has 0 heterocycles. The van der Waals surface area contributed by atoms with Gasteiger partial charge in [-0.25, -0.2) is 0 Å². The molecule has 0 saturated heterocycles. The Balaban J connectivity index is 1.97. The minimum Gasteiger partial charge on any atom is -0.329 e. The van der Waals surface area contributed by atoms with Crippen LogP contribution in [0.2, 0.25) is 0 Å². The molecule has 0 radical (unpaired) electrons. The highest BCUT2D eigenvalue weighted by atomic mass is 16.1. The lowest BCUT2D eigenvalue weighted by Gasteiger charge is -2.32. The van der Waals surface area contributed by atoms with Crippen LogP contribution in [0, 0.1) is 23.2 Å². The summed E-state index contributed by atoms with van der Waals surface area (Å²) in [6.07, 6.45) is 5.51. The molecule has 15 heavy (non-hydrogen) atoms. The molecule has 3 unspecified atom stereocenters. The van der Waals surface area contributed by atoms with Gasteiger partial charge in [-0.1, -0.05) is 13.8 Å². The lowest BCUT2D eigenvalue weighted by Crippen LogP contribution is -2.35. The van der Waals surface area contributed by atoms with Crippen molar-refractivity contribution in [2.45, 2.75) is 46.0 Å². The number of carbonyl (C=O) groups excluding carboxylic acids is 1. The third-order valence-electron chi connectivity index (χ3n) is 4.74. The van der Waals surface area contributed by atoms with Gasteiger partial charge in [0.25, 0.3) is 0 Å². The van der Waals surface area contributed by atoms with E-state index in [1.165, 1.54) is 6.42 Å². The molecule has 86 valence electrons. The van der Waals surface area contributed by atoms with E-state index in [0.717, 1.165) is 31.6 Å². The minimum atomic E-state index is -0.0784. The van der Waals surface area contributed by atoms with E-state index in [2.05, 4.69) is 13.8 Å². The summed E-state index contributed by atoms with van der Waals surface area (Å²) in [6, 6.07) is 0. The van der Waals surface area contributed by atoms with Crippen LogP contribution in [0.1, 0.15) is 46.0 Å². The third kappa shape index (κ3) is 1.96. The number of hydrogen-bond acceptors (Lipinski definition) is 2. The van der Waals surface area contributed by atoms with Gasteiger partial charge in [0.2, 0.25) is 0 Å². The highest BCUT2D eigenvalue weighted by Crippen LogP contribution is 2.49. The fraction of sp³-hybridized carbons (Fsp3) is 0.923. The van der Waals surface area contributed by atoms with E-state index >= 15 is 0 Å². The van der Waals surface area contributed by atoms with Crippen molar-refractivity contribution >= 4 is 5.78 Å². The molecule has 3 atom stereocenters. The Morgan fingerprint density at radius 3 is 2.40 bits per heavy atom. The standard InChI is InChI=1S/C13H23NO/c1-9-3-4-11(7-10(9)2)12(15)13(8-14)5-6-13/h9-11H,3-8,14H2,1-2H3.